The minimum absolute atomic E-state index is 0.134. The van der Waals surface area contributed by atoms with Gasteiger partial charge >= 0.3 is 0 Å². The lowest BCUT2D eigenvalue weighted by atomic mass is 9.96. The molecule has 1 aromatic rings. The van der Waals surface area contributed by atoms with E-state index >= 15 is 0 Å². The zero-order chi connectivity index (χ0) is 19.8. The zero-order valence-corrected chi connectivity index (χ0v) is 16.4. The molecule has 0 aromatic heterocycles. The number of amides is 3. The van der Waals surface area contributed by atoms with Gasteiger partial charge in [0.15, 0.2) is 0 Å². The molecular formula is C21H27N3O4. The van der Waals surface area contributed by atoms with E-state index in [2.05, 4.69) is 24.1 Å². The van der Waals surface area contributed by atoms with E-state index in [1.165, 1.54) is 0 Å². The van der Waals surface area contributed by atoms with E-state index in [0.717, 1.165) is 37.4 Å². The SMILES string of the molecule is CCN1CC[C@H](C)[C@H](Oc2ccc3c(c2)CN([C@@H]2CCC(=O)NC2=O)C3=O)C1. The number of rotatable bonds is 4. The van der Waals surface area contributed by atoms with E-state index in [9.17, 15) is 14.4 Å². The highest BCUT2D eigenvalue weighted by Gasteiger charge is 2.39. The quantitative estimate of drug-likeness (QED) is 0.796. The van der Waals surface area contributed by atoms with Crippen molar-refractivity contribution in [3.8, 4) is 5.75 Å². The first-order valence-corrected chi connectivity index (χ1v) is 10.1. The lowest BCUT2D eigenvalue weighted by Gasteiger charge is -2.36. The summed E-state index contributed by atoms with van der Waals surface area (Å²) in [6, 6.07) is 4.99. The summed E-state index contributed by atoms with van der Waals surface area (Å²) < 4.78 is 6.28. The van der Waals surface area contributed by atoms with Crippen LogP contribution >= 0.6 is 0 Å². The van der Waals surface area contributed by atoms with Crippen molar-refractivity contribution in [2.75, 3.05) is 19.6 Å². The highest BCUT2D eigenvalue weighted by atomic mass is 16.5. The summed E-state index contributed by atoms with van der Waals surface area (Å²) in [5, 5.41) is 2.33. The zero-order valence-electron chi connectivity index (χ0n) is 16.4. The number of fused-ring (bicyclic) bond motifs is 1. The Morgan fingerprint density at radius 2 is 2.04 bits per heavy atom. The smallest absolute Gasteiger partial charge is 0.255 e. The first-order chi connectivity index (χ1) is 13.5. The first kappa shape index (κ1) is 18.9. The molecule has 0 unspecified atom stereocenters. The number of hydrogen-bond donors (Lipinski definition) is 1. The van der Waals surface area contributed by atoms with E-state index in [4.69, 9.17) is 4.74 Å². The Hall–Kier alpha value is -2.41. The van der Waals surface area contributed by atoms with Crippen molar-refractivity contribution < 1.29 is 19.1 Å². The Balaban J connectivity index is 1.48. The second kappa shape index (κ2) is 7.54. The molecule has 0 saturated carbocycles. The van der Waals surface area contributed by atoms with E-state index in [1.54, 1.807) is 11.0 Å². The molecule has 0 aliphatic carbocycles. The van der Waals surface area contributed by atoms with Gasteiger partial charge in [0, 0.05) is 25.1 Å². The number of hydrogen-bond acceptors (Lipinski definition) is 5. The van der Waals surface area contributed by atoms with Gasteiger partial charge in [0.25, 0.3) is 5.91 Å². The van der Waals surface area contributed by atoms with Gasteiger partial charge in [-0.1, -0.05) is 13.8 Å². The predicted octanol–water partition coefficient (Wildman–Crippen LogP) is 1.56. The van der Waals surface area contributed by atoms with Crippen LogP contribution in [0.5, 0.6) is 5.75 Å². The van der Waals surface area contributed by atoms with Gasteiger partial charge in [0.05, 0.1) is 0 Å². The lowest BCUT2D eigenvalue weighted by molar-refractivity contribution is -0.136. The third-order valence-electron chi connectivity index (χ3n) is 6.20. The molecule has 7 heteroatoms. The van der Waals surface area contributed by atoms with E-state index < -0.39 is 6.04 Å². The molecule has 3 heterocycles. The van der Waals surface area contributed by atoms with Crippen molar-refractivity contribution in [2.24, 2.45) is 5.92 Å². The minimum Gasteiger partial charge on any atom is -0.489 e. The van der Waals surface area contributed by atoms with E-state index in [1.807, 2.05) is 12.1 Å². The van der Waals surface area contributed by atoms with Crippen molar-refractivity contribution in [1.82, 2.24) is 15.1 Å². The van der Waals surface area contributed by atoms with Crippen LogP contribution in [0.25, 0.3) is 0 Å². The summed E-state index contributed by atoms with van der Waals surface area (Å²) in [6.45, 7) is 7.80. The van der Waals surface area contributed by atoms with Crippen LogP contribution in [0.4, 0.5) is 0 Å². The normalized spacial score (nSPS) is 28.3. The van der Waals surface area contributed by atoms with Crippen molar-refractivity contribution in [3.63, 3.8) is 0 Å². The van der Waals surface area contributed by atoms with E-state index in [0.29, 0.717) is 24.4 Å². The molecule has 2 saturated heterocycles. The summed E-state index contributed by atoms with van der Waals surface area (Å²) in [5.74, 6) is 0.441. The number of carbonyl (C=O) groups excluding carboxylic acids is 3. The Bertz CT molecular complexity index is 809. The van der Waals surface area contributed by atoms with Crippen LogP contribution in [0, 0.1) is 5.92 Å². The van der Waals surface area contributed by atoms with Gasteiger partial charge in [-0.3, -0.25) is 24.6 Å². The molecule has 7 nitrogen and oxygen atoms in total. The molecule has 1 N–H and O–H groups in total. The number of likely N-dealkylation sites (tertiary alicyclic amines) is 1. The molecule has 0 spiro atoms. The average Bonchev–Trinajstić information content (AvgIpc) is 2.99. The molecule has 3 amide bonds. The summed E-state index contributed by atoms with van der Waals surface area (Å²) in [5.41, 5.74) is 1.49. The third kappa shape index (κ3) is 3.51. The molecule has 0 radical (unpaired) electrons. The molecule has 3 aliphatic rings. The molecule has 150 valence electrons. The van der Waals surface area contributed by atoms with Crippen molar-refractivity contribution in [3.05, 3.63) is 29.3 Å². The number of likely N-dealkylation sites (N-methyl/N-ethyl adjacent to an activating group) is 1. The third-order valence-corrected chi connectivity index (χ3v) is 6.20. The van der Waals surface area contributed by atoms with Gasteiger partial charge in [-0.25, -0.2) is 0 Å². The van der Waals surface area contributed by atoms with Gasteiger partial charge in [0.1, 0.15) is 17.9 Å². The van der Waals surface area contributed by atoms with Crippen molar-refractivity contribution >= 4 is 17.7 Å². The fourth-order valence-electron chi connectivity index (χ4n) is 4.34. The number of piperidine rings is 2. The van der Waals surface area contributed by atoms with Crippen LogP contribution in [-0.4, -0.2) is 59.3 Å². The van der Waals surface area contributed by atoms with Crippen LogP contribution in [0.3, 0.4) is 0 Å². The van der Waals surface area contributed by atoms with Crippen LogP contribution in [0.15, 0.2) is 18.2 Å². The maximum Gasteiger partial charge on any atom is 0.255 e. The van der Waals surface area contributed by atoms with Crippen LogP contribution in [0.1, 0.15) is 49.0 Å². The topological polar surface area (TPSA) is 79.0 Å². The highest BCUT2D eigenvalue weighted by Crippen LogP contribution is 2.31. The van der Waals surface area contributed by atoms with Gasteiger partial charge < -0.3 is 9.64 Å². The van der Waals surface area contributed by atoms with Crippen molar-refractivity contribution in [2.45, 2.75) is 51.8 Å². The van der Waals surface area contributed by atoms with Crippen LogP contribution in [0.2, 0.25) is 0 Å². The number of nitrogens with zero attached hydrogens (tertiary/aromatic N) is 2. The number of nitrogens with one attached hydrogen (secondary N) is 1. The Labute approximate surface area is 165 Å². The highest BCUT2D eigenvalue weighted by molar-refractivity contribution is 6.05. The second-order valence-electron chi connectivity index (χ2n) is 8.03. The van der Waals surface area contributed by atoms with Crippen LogP contribution in [-0.2, 0) is 16.1 Å². The summed E-state index contributed by atoms with van der Waals surface area (Å²) in [6.07, 6.45) is 1.89. The summed E-state index contributed by atoms with van der Waals surface area (Å²) in [4.78, 5) is 40.3. The number of benzene rings is 1. The molecule has 28 heavy (non-hydrogen) atoms. The van der Waals surface area contributed by atoms with Gasteiger partial charge in [-0.05, 0) is 55.6 Å². The second-order valence-corrected chi connectivity index (χ2v) is 8.03. The van der Waals surface area contributed by atoms with Gasteiger partial charge in [-0.15, -0.1) is 0 Å². The first-order valence-electron chi connectivity index (χ1n) is 10.1. The maximum atomic E-state index is 12.8. The summed E-state index contributed by atoms with van der Waals surface area (Å²) in [7, 11) is 0. The Morgan fingerprint density at radius 1 is 1.21 bits per heavy atom. The van der Waals surface area contributed by atoms with Gasteiger partial charge in [0.2, 0.25) is 11.8 Å². The Morgan fingerprint density at radius 3 is 2.79 bits per heavy atom. The number of carbonyl (C=O) groups is 3. The average molecular weight is 385 g/mol. The molecule has 2 fully saturated rings. The molecule has 3 atom stereocenters. The standard InChI is InChI=1S/C21H27N3O4/c1-3-23-9-8-13(2)18(12-23)28-15-4-5-16-14(10-15)11-24(21(16)27)17-6-7-19(25)22-20(17)26/h4-5,10,13,17-18H,3,6-9,11-12H2,1-2H3,(H,22,25,26)/t13-,17+,18+/m0/s1. The molecular weight excluding hydrogens is 358 g/mol. The monoisotopic (exact) mass is 385 g/mol. The fourth-order valence-corrected chi connectivity index (χ4v) is 4.34. The molecule has 3 aliphatic heterocycles. The largest absolute Gasteiger partial charge is 0.489 e. The Kier molecular flexibility index (Phi) is 5.10. The lowest BCUT2D eigenvalue weighted by Crippen LogP contribution is -2.52. The van der Waals surface area contributed by atoms with Crippen LogP contribution < -0.4 is 10.1 Å². The number of imide groups is 1. The minimum atomic E-state index is -0.585. The predicted molar refractivity (Wildman–Crippen MR) is 103 cm³/mol. The molecule has 4 rings (SSSR count). The van der Waals surface area contributed by atoms with Crippen molar-refractivity contribution in [1.29, 1.82) is 0 Å². The molecule has 1 aromatic carbocycles. The van der Waals surface area contributed by atoms with E-state index in [-0.39, 0.29) is 30.2 Å². The fraction of sp³-hybridized carbons (Fsp3) is 0.571. The summed E-state index contributed by atoms with van der Waals surface area (Å²) >= 11 is 0. The molecule has 0 bridgehead atoms. The number of ether oxygens (including phenoxy) is 1. The maximum absolute atomic E-state index is 12.8. The van der Waals surface area contributed by atoms with Gasteiger partial charge in [-0.2, -0.15) is 0 Å².